The molecule has 5 nitrogen and oxygen atoms in total. The monoisotopic (exact) mass is 286 g/mol. The van der Waals surface area contributed by atoms with Gasteiger partial charge >= 0.3 is 0 Å². The summed E-state index contributed by atoms with van der Waals surface area (Å²) in [6.45, 7) is 0. The lowest BCUT2D eigenvalue weighted by Crippen LogP contribution is -2.49. The van der Waals surface area contributed by atoms with Crippen LogP contribution in [0.4, 0.5) is 0 Å². The van der Waals surface area contributed by atoms with Gasteiger partial charge in [0.05, 0.1) is 12.5 Å². The number of rotatable bonds is 2. The van der Waals surface area contributed by atoms with E-state index in [4.69, 9.17) is 5.41 Å². The highest BCUT2D eigenvalue weighted by Crippen LogP contribution is 2.33. The molecule has 1 unspecified atom stereocenters. The molecule has 20 heavy (non-hydrogen) atoms. The van der Waals surface area contributed by atoms with Crippen molar-refractivity contribution in [3.63, 3.8) is 0 Å². The molecule has 1 saturated heterocycles. The summed E-state index contributed by atoms with van der Waals surface area (Å²) in [6.07, 6.45) is 3.95. The van der Waals surface area contributed by atoms with Gasteiger partial charge in [-0.1, -0.05) is 6.07 Å². The van der Waals surface area contributed by atoms with Crippen LogP contribution in [0.25, 0.3) is 10.4 Å². The van der Waals surface area contributed by atoms with Crippen molar-refractivity contribution in [1.29, 1.82) is 5.41 Å². The maximum Gasteiger partial charge on any atom is 0.231 e. The van der Waals surface area contributed by atoms with E-state index in [-0.39, 0.29) is 17.9 Å². The molecule has 1 aliphatic heterocycles. The molecule has 3 heterocycles. The zero-order chi connectivity index (χ0) is 14.1. The molecule has 2 aromatic rings. The average molecular weight is 286 g/mol. The largest absolute Gasteiger partial charge is 0.348 e. The maximum atomic E-state index is 11.8. The molecular weight excluding hydrogens is 272 g/mol. The molecule has 1 fully saturated rings. The van der Waals surface area contributed by atoms with Crippen LogP contribution in [0.3, 0.4) is 0 Å². The summed E-state index contributed by atoms with van der Waals surface area (Å²) in [5.41, 5.74) is 1.07. The summed E-state index contributed by atoms with van der Waals surface area (Å²) in [5.74, 6) is 0.123. The van der Waals surface area contributed by atoms with E-state index < -0.39 is 0 Å². The van der Waals surface area contributed by atoms with Crippen LogP contribution < -0.4 is 5.32 Å². The molecule has 0 spiro atoms. The second kappa shape index (κ2) is 5.05. The molecule has 0 saturated carbocycles. The van der Waals surface area contributed by atoms with Gasteiger partial charge in [0.2, 0.25) is 5.91 Å². The van der Waals surface area contributed by atoms with Gasteiger partial charge < -0.3 is 5.32 Å². The number of aromatic nitrogens is 1. The van der Waals surface area contributed by atoms with Gasteiger partial charge in [0.15, 0.2) is 5.96 Å². The Bertz CT molecular complexity index is 634. The fraction of sp³-hybridized carbons (Fsp3) is 0.214. The van der Waals surface area contributed by atoms with Crippen molar-refractivity contribution in [2.45, 2.75) is 12.5 Å². The first-order chi connectivity index (χ1) is 9.65. The molecule has 1 atom stereocenters. The van der Waals surface area contributed by atoms with E-state index in [0.29, 0.717) is 6.42 Å². The van der Waals surface area contributed by atoms with E-state index in [1.54, 1.807) is 24.6 Å². The van der Waals surface area contributed by atoms with Crippen molar-refractivity contribution in [3.8, 4) is 10.4 Å². The Morgan fingerprint density at radius 3 is 3.00 bits per heavy atom. The Labute approximate surface area is 120 Å². The van der Waals surface area contributed by atoms with Crippen LogP contribution >= 0.6 is 11.3 Å². The first kappa shape index (κ1) is 12.8. The predicted molar refractivity (Wildman–Crippen MR) is 78.5 cm³/mol. The van der Waals surface area contributed by atoms with Crippen molar-refractivity contribution >= 4 is 23.2 Å². The molecule has 0 radical (unpaired) electrons. The van der Waals surface area contributed by atoms with E-state index in [1.165, 1.54) is 4.90 Å². The average Bonchev–Trinajstić information content (AvgIpc) is 2.95. The topological polar surface area (TPSA) is 69.1 Å². The van der Waals surface area contributed by atoms with Crippen LogP contribution in [-0.4, -0.2) is 28.8 Å². The zero-order valence-corrected chi connectivity index (χ0v) is 11.8. The van der Waals surface area contributed by atoms with E-state index in [0.717, 1.165) is 15.3 Å². The number of pyridine rings is 1. The number of thiophene rings is 1. The fourth-order valence-electron chi connectivity index (χ4n) is 2.12. The Morgan fingerprint density at radius 2 is 2.30 bits per heavy atom. The Kier molecular flexibility index (Phi) is 3.23. The minimum atomic E-state index is -0.110. The normalized spacial score (nSPS) is 19.1. The third kappa shape index (κ3) is 2.30. The molecule has 1 amide bonds. The Balaban J connectivity index is 1.84. The molecule has 2 aromatic heterocycles. The third-order valence-corrected chi connectivity index (χ3v) is 4.56. The van der Waals surface area contributed by atoms with Crippen molar-refractivity contribution in [2.75, 3.05) is 7.05 Å². The number of carbonyl (C=O) groups is 1. The number of hydrogen-bond donors (Lipinski definition) is 2. The zero-order valence-electron chi connectivity index (χ0n) is 11.0. The number of nitrogens with zero attached hydrogens (tertiary/aromatic N) is 2. The number of guanidine groups is 1. The number of carbonyl (C=O) groups excluding carboxylic acids is 1. The minimum Gasteiger partial charge on any atom is -0.348 e. The van der Waals surface area contributed by atoms with Crippen LogP contribution in [0.2, 0.25) is 0 Å². The van der Waals surface area contributed by atoms with Crippen LogP contribution in [0.5, 0.6) is 0 Å². The summed E-state index contributed by atoms with van der Waals surface area (Å²) < 4.78 is 0. The molecule has 1 aliphatic rings. The first-order valence-electron chi connectivity index (χ1n) is 6.27. The van der Waals surface area contributed by atoms with Crippen LogP contribution in [0.15, 0.2) is 36.7 Å². The van der Waals surface area contributed by atoms with Crippen LogP contribution in [-0.2, 0) is 4.79 Å². The minimum absolute atomic E-state index is 0.0323. The van der Waals surface area contributed by atoms with Gasteiger partial charge in [0.25, 0.3) is 0 Å². The lowest BCUT2D eigenvalue weighted by atomic mass is 10.1. The second-order valence-electron chi connectivity index (χ2n) is 4.65. The first-order valence-corrected chi connectivity index (χ1v) is 7.08. The summed E-state index contributed by atoms with van der Waals surface area (Å²) in [5, 5.41) is 10.8. The van der Waals surface area contributed by atoms with Gasteiger partial charge in [-0.3, -0.25) is 20.1 Å². The van der Waals surface area contributed by atoms with Gasteiger partial charge in [-0.05, 0) is 18.2 Å². The summed E-state index contributed by atoms with van der Waals surface area (Å²) in [4.78, 5) is 19.4. The van der Waals surface area contributed by atoms with E-state index in [2.05, 4.69) is 10.3 Å². The summed E-state index contributed by atoms with van der Waals surface area (Å²) >= 11 is 1.63. The summed E-state index contributed by atoms with van der Waals surface area (Å²) in [6, 6.07) is 7.85. The van der Waals surface area contributed by atoms with E-state index in [9.17, 15) is 4.79 Å². The number of amides is 1. The maximum absolute atomic E-state index is 11.8. The Hall–Kier alpha value is -2.21. The standard InChI is InChI=1S/C14H14N4OS/c1-18-13(19)7-10(17-14(18)15)12-5-4-11(20-12)9-3-2-6-16-8-9/h2-6,8,10H,7H2,1H3,(H2,15,17). The SMILES string of the molecule is CN1C(=N)NC(c2ccc(-c3cccnc3)s2)CC1=O. The lowest BCUT2D eigenvalue weighted by molar-refractivity contribution is -0.128. The highest BCUT2D eigenvalue weighted by atomic mass is 32.1. The van der Waals surface area contributed by atoms with Gasteiger partial charge in [-0.2, -0.15) is 0 Å². The summed E-state index contributed by atoms with van der Waals surface area (Å²) in [7, 11) is 1.61. The number of nitrogens with one attached hydrogen (secondary N) is 2. The molecule has 102 valence electrons. The van der Waals surface area contributed by atoms with Crippen LogP contribution in [0, 0.1) is 5.41 Å². The van der Waals surface area contributed by atoms with Gasteiger partial charge in [-0.15, -0.1) is 11.3 Å². The Morgan fingerprint density at radius 1 is 1.45 bits per heavy atom. The highest BCUT2D eigenvalue weighted by Gasteiger charge is 2.28. The third-order valence-electron chi connectivity index (χ3n) is 3.32. The fourth-order valence-corrected chi connectivity index (χ4v) is 3.17. The molecule has 3 rings (SSSR count). The van der Waals surface area contributed by atoms with Crippen molar-refractivity contribution in [3.05, 3.63) is 41.5 Å². The molecule has 2 N–H and O–H groups in total. The van der Waals surface area contributed by atoms with Crippen molar-refractivity contribution < 1.29 is 4.79 Å². The second-order valence-corrected chi connectivity index (χ2v) is 5.76. The molecule has 0 aliphatic carbocycles. The van der Waals surface area contributed by atoms with Gasteiger partial charge in [-0.25, -0.2) is 0 Å². The van der Waals surface area contributed by atoms with Crippen LogP contribution in [0.1, 0.15) is 17.3 Å². The van der Waals surface area contributed by atoms with E-state index >= 15 is 0 Å². The lowest BCUT2D eigenvalue weighted by Gasteiger charge is -2.30. The van der Waals surface area contributed by atoms with Gasteiger partial charge in [0.1, 0.15) is 0 Å². The number of hydrogen-bond acceptors (Lipinski definition) is 4. The molecule has 0 bridgehead atoms. The quantitative estimate of drug-likeness (QED) is 0.889. The highest BCUT2D eigenvalue weighted by molar-refractivity contribution is 7.15. The molecular formula is C14H14N4OS. The molecule has 6 heteroatoms. The van der Waals surface area contributed by atoms with Gasteiger partial charge in [0, 0.05) is 34.8 Å². The van der Waals surface area contributed by atoms with Crippen molar-refractivity contribution in [1.82, 2.24) is 15.2 Å². The molecule has 0 aromatic carbocycles. The predicted octanol–water partition coefficient (Wildman–Crippen LogP) is 2.24. The van der Waals surface area contributed by atoms with E-state index in [1.807, 2.05) is 30.5 Å². The van der Waals surface area contributed by atoms with Crippen molar-refractivity contribution in [2.24, 2.45) is 0 Å². The smallest absolute Gasteiger partial charge is 0.231 e.